The maximum Gasteiger partial charge on any atom is 0.0681 e. The van der Waals surface area contributed by atoms with Crippen LogP contribution >= 0.6 is 39.3 Å². The Morgan fingerprint density at radius 1 is 1.11 bits per heavy atom. The summed E-state index contributed by atoms with van der Waals surface area (Å²) in [5, 5.41) is 9.75. The highest BCUT2D eigenvalue weighted by Crippen LogP contribution is 2.28. The summed E-state index contributed by atoms with van der Waals surface area (Å²) >= 11 is 11.3. The number of rotatable bonds is 4. The smallest absolute Gasteiger partial charge is 0.0681 e. The van der Waals surface area contributed by atoms with Crippen LogP contribution in [0, 0.1) is 0 Å². The van der Waals surface area contributed by atoms with Crippen molar-refractivity contribution < 1.29 is 5.11 Å². The Balaban J connectivity index is 2.02. The van der Waals surface area contributed by atoms with Crippen LogP contribution in [0.5, 0.6) is 0 Å². The highest BCUT2D eigenvalue weighted by atomic mass is 79.9. The van der Waals surface area contributed by atoms with Gasteiger partial charge in [-0.3, -0.25) is 0 Å². The van der Waals surface area contributed by atoms with Crippen molar-refractivity contribution in [2.75, 3.05) is 0 Å². The van der Waals surface area contributed by atoms with E-state index in [2.05, 4.69) is 15.9 Å². The van der Waals surface area contributed by atoms with Crippen LogP contribution in [0.25, 0.3) is 0 Å². The monoisotopic (exact) mass is 342 g/mol. The van der Waals surface area contributed by atoms with E-state index >= 15 is 0 Å². The fraction of sp³-hybridized carbons (Fsp3) is 0.143. The molecule has 0 bridgehead atoms. The second kappa shape index (κ2) is 6.62. The van der Waals surface area contributed by atoms with E-state index in [1.807, 2.05) is 42.5 Å². The number of hydrogen-bond donors (Lipinski definition) is 1. The molecule has 1 N–H and O–H groups in total. The number of benzene rings is 2. The molecule has 0 unspecified atom stereocenters. The molecule has 0 saturated carbocycles. The van der Waals surface area contributed by atoms with Gasteiger partial charge in [-0.15, -0.1) is 11.8 Å². The van der Waals surface area contributed by atoms with E-state index in [4.69, 9.17) is 16.7 Å². The van der Waals surface area contributed by atoms with Gasteiger partial charge in [-0.05, 0) is 35.4 Å². The van der Waals surface area contributed by atoms with Crippen molar-refractivity contribution in [2.45, 2.75) is 17.3 Å². The van der Waals surface area contributed by atoms with Gasteiger partial charge in [-0.2, -0.15) is 0 Å². The van der Waals surface area contributed by atoms with E-state index in [9.17, 15) is 0 Å². The number of aliphatic hydroxyl groups excluding tert-OH is 1. The van der Waals surface area contributed by atoms with E-state index in [0.717, 1.165) is 26.4 Å². The Morgan fingerprint density at radius 3 is 2.44 bits per heavy atom. The lowest BCUT2D eigenvalue weighted by atomic mass is 10.2. The predicted molar refractivity (Wildman–Crippen MR) is 81.1 cm³/mol. The lowest BCUT2D eigenvalue weighted by Gasteiger charge is -2.05. The summed E-state index contributed by atoms with van der Waals surface area (Å²) in [7, 11) is 0. The zero-order valence-corrected chi connectivity index (χ0v) is 12.7. The minimum atomic E-state index is 0.0868. The number of hydrogen-bond acceptors (Lipinski definition) is 2. The predicted octanol–water partition coefficient (Wildman–Crippen LogP) is 4.89. The van der Waals surface area contributed by atoms with E-state index in [0.29, 0.717) is 0 Å². The zero-order valence-electron chi connectivity index (χ0n) is 9.57. The van der Waals surface area contributed by atoms with Gasteiger partial charge in [0.25, 0.3) is 0 Å². The summed E-state index contributed by atoms with van der Waals surface area (Å²) in [6.45, 7) is 0.0868. The van der Waals surface area contributed by atoms with Crippen molar-refractivity contribution in [3.05, 3.63) is 63.1 Å². The van der Waals surface area contributed by atoms with Gasteiger partial charge in [0.2, 0.25) is 0 Å². The standard InChI is InChI=1S/C14H12BrClOS/c15-12-4-3-11(14(16)7-12)9-18-13-5-1-10(8-17)2-6-13/h1-7,17H,8-9H2. The Labute approximate surface area is 124 Å². The van der Waals surface area contributed by atoms with Gasteiger partial charge in [-0.25, -0.2) is 0 Å². The molecule has 4 heteroatoms. The molecule has 2 aromatic rings. The van der Waals surface area contributed by atoms with Crippen LogP contribution in [-0.4, -0.2) is 5.11 Å². The van der Waals surface area contributed by atoms with Crippen LogP contribution in [0.4, 0.5) is 0 Å². The average Bonchev–Trinajstić information content (AvgIpc) is 2.38. The third-order valence-electron chi connectivity index (χ3n) is 2.52. The van der Waals surface area contributed by atoms with Crippen LogP contribution in [0.3, 0.4) is 0 Å². The summed E-state index contributed by atoms with van der Waals surface area (Å²) < 4.78 is 0.994. The van der Waals surface area contributed by atoms with E-state index < -0.39 is 0 Å². The van der Waals surface area contributed by atoms with Crippen molar-refractivity contribution >= 4 is 39.3 Å². The van der Waals surface area contributed by atoms with Crippen molar-refractivity contribution in [1.29, 1.82) is 0 Å². The molecule has 18 heavy (non-hydrogen) atoms. The molecule has 1 nitrogen and oxygen atoms in total. The molecule has 0 spiro atoms. The molecule has 0 aliphatic carbocycles. The molecule has 0 atom stereocenters. The first-order chi connectivity index (χ1) is 8.69. The minimum Gasteiger partial charge on any atom is -0.392 e. The van der Waals surface area contributed by atoms with Crippen LogP contribution in [-0.2, 0) is 12.4 Å². The molecule has 0 saturated heterocycles. The second-order valence-corrected chi connectivity index (χ2v) is 6.20. The normalized spacial score (nSPS) is 10.6. The third kappa shape index (κ3) is 3.75. The fourth-order valence-corrected chi connectivity index (χ4v) is 3.21. The van der Waals surface area contributed by atoms with Crippen molar-refractivity contribution in [3.8, 4) is 0 Å². The van der Waals surface area contributed by atoms with E-state index in [-0.39, 0.29) is 6.61 Å². The molecule has 0 aliphatic heterocycles. The van der Waals surface area contributed by atoms with E-state index in [1.54, 1.807) is 11.8 Å². The third-order valence-corrected chi connectivity index (χ3v) is 4.42. The molecule has 94 valence electrons. The van der Waals surface area contributed by atoms with E-state index in [1.165, 1.54) is 4.90 Å². The van der Waals surface area contributed by atoms with Gasteiger partial charge in [0, 0.05) is 20.1 Å². The summed E-state index contributed by atoms with van der Waals surface area (Å²) in [5.41, 5.74) is 2.05. The maximum atomic E-state index is 8.97. The first-order valence-electron chi connectivity index (χ1n) is 5.45. The summed E-state index contributed by atoms with van der Waals surface area (Å²) in [6, 6.07) is 13.8. The fourth-order valence-electron chi connectivity index (χ4n) is 1.49. The number of aliphatic hydroxyl groups is 1. The molecular weight excluding hydrogens is 332 g/mol. The van der Waals surface area contributed by atoms with Crippen molar-refractivity contribution in [1.82, 2.24) is 0 Å². The molecule has 2 aromatic carbocycles. The molecular formula is C14H12BrClOS. The lowest BCUT2D eigenvalue weighted by molar-refractivity contribution is 0.282. The van der Waals surface area contributed by atoms with Crippen LogP contribution in [0.15, 0.2) is 51.8 Å². The highest BCUT2D eigenvalue weighted by Gasteiger charge is 2.02. The molecule has 2 rings (SSSR count). The minimum absolute atomic E-state index is 0.0868. The maximum absolute atomic E-state index is 8.97. The van der Waals surface area contributed by atoms with Gasteiger partial charge >= 0.3 is 0 Å². The first kappa shape index (κ1) is 13.9. The quantitative estimate of drug-likeness (QED) is 0.798. The number of halogens is 2. The van der Waals surface area contributed by atoms with Crippen LogP contribution in [0.1, 0.15) is 11.1 Å². The second-order valence-electron chi connectivity index (χ2n) is 3.83. The summed E-state index contributed by atoms with van der Waals surface area (Å²) in [6.07, 6.45) is 0. The SMILES string of the molecule is OCc1ccc(SCc2ccc(Br)cc2Cl)cc1. The zero-order chi connectivity index (χ0) is 13.0. The Kier molecular flexibility index (Phi) is 5.13. The summed E-state index contributed by atoms with van der Waals surface area (Å²) in [4.78, 5) is 1.17. The van der Waals surface area contributed by atoms with Gasteiger partial charge in [-0.1, -0.05) is 45.7 Å². The Bertz CT molecular complexity index is 528. The van der Waals surface area contributed by atoms with Gasteiger partial charge in [0.1, 0.15) is 0 Å². The van der Waals surface area contributed by atoms with Gasteiger partial charge < -0.3 is 5.11 Å². The molecule has 0 aliphatic rings. The van der Waals surface area contributed by atoms with Crippen LogP contribution < -0.4 is 0 Å². The molecule has 0 radical (unpaired) electrons. The van der Waals surface area contributed by atoms with Crippen LogP contribution in [0.2, 0.25) is 5.02 Å². The van der Waals surface area contributed by atoms with Crippen molar-refractivity contribution in [2.24, 2.45) is 0 Å². The Morgan fingerprint density at radius 2 is 1.83 bits per heavy atom. The molecule has 0 amide bonds. The molecule has 0 heterocycles. The Hall–Kier alpha value is -0.480. The molecule has 0 aromatic heterocycles. The van der Waals surface area contributed by atoms with Gasteiger partial charge in [0.15, 0.2) is 0 Å². The average molecular weight is 344 g/mol. The number of thioether (sulfide) groups is 1. The highest BCUT2D eigenvalue weighted by molar-refractivity contribution is 9.10. The summed E-state index contributed by atoms with van der Waals surface area (Å²) in [5.74, 6) is 0.838. The lowest BCUT2D eigenvalue weighted by Crippen LogP contribution is -1.84. The topological polar surface area (TPSA) is 20.2 Å². The van der Waals surface area contributed by atoms with Gasteiger partial charge in [0.05, 0.1) is 6.61 Å². The first-order valence-corrected chi connectivity index (χ1v) is 7.61. The largest absolute Gasteiger partial charge is 0.392 e. The van der Waals surface area contributed by atoms with Crippen molar-refractivity contribution in [3.63, 3.8) is 0 Å². The molecule has 0 fully saturated rings.